The van der Waals surface area contributed by atoms with Gasteiger partial charge < -0.3 is 24.9 Å². The Kier molecular flexibility index (Phi) is 5.64. The number of nitrogens with zero attached hydrogens (tertiary/aromatic N) is 1. The first-order valence-electron chi connectivity index (χ1n) is 6.77. The number of hydrogen-bond acceptors (Lipinski definition) is 6. The molecule has 6 nitrogen and oxygen atoms in total. The van der Waals surface area contributed by atoms with Crippen LogP contribution >= 0.6 is 0 Å². The van der Waals surface area contributed by atoms with Gasteiger partial charge in [-0.3, -0.25) is 0 Å². The van der Waals surface area contributed by atoms with Crippen molar-refractivity contribution in [2.24, 2.45) is 0 Å². The van der Waals surface area contributed by atoms with Gasteiger partial charge in [0.1, 0.15) is 5.52 Å². The number of anilines is 2. The minimum atomic E-state index is 0.512. The number of nitrogens with two attached hydrogens (primary N) is 1. The van der Waals surface area contributed by atoms with E-state index >= 15 is 0 Å². The zero-order valence-electron chi connectivity index (χ0n) is 11.7. The van der Waals surface area contributed by atoms with Crippen molar-refractivity contribution in [3.8, 4) is 0 Å². The summed E-state index contributed by atoms with van der Waals surface area (Å²) >= 11 is 0. The van der Waals surface area contributed by atoms with E-state index in [0.29, 0.717) is 36.0 Å². The number of hydrogen-bond donors (Lipinski definition) is 2. The smallest absolute Gasteiger partial charge is 0.295 e. The molecule has 1 aromatic heterocycles. The Balaban J connectivity index is 1.67. The second-order valence-electron chi connectivity index (χ2n) is 4.45. The summed E-state index contributed by atoms with van der Waals surface area (Å²) in [5.74, 6) is 0. The fourth-order valence-electron chi connectivity index (χ4n) is 1.81. The molecule has 20 heavy (non-hydrogen) atoms. The molecule has 0 spiro atoms. The zero-order chi connectivity index (χ0) is 14.2. The molecule has 0 unspecified atom stereocenters. The van der Waals surface area contributed by atoms with Gasteiger partial charge in [0, 0.05) is 20.3 Å². The Bertz CT molecular complexity index is 527. The van der Waals surface area contributed by atoms with Gasteiger partial charge >= 0.3 is 0 Å². The van der Waals surface area contributed by atoms with Crippen LogP contribution in [0.2, 0.25) is 0 Å². The number of nitrogens with one attached hydrogen (secondary N) is 1. The Morgan fingerprint density at radius 1 is 1.25 bits per heavy atom. The molecular formula is C14H21N3O3. The highest BCUT2D eigenvalue weighted by Gasteiger charge is 2.06. The molecule has 2 rings (SSSR count). The third kappa shape index (κ3) is 4.11. The van der Waals surface area contributed by atoms with Crippen LogP contribution < -0.4 is 11.1 Å². The first kappa shape index (κ1) is 14.6. The average molecular weight is 279 g/mol. The molecule has 2 aromatic rings. The normalized spacial score (nSPS) is 11.1. The van der Waals surface area contributed by atoms with Crippen molar-refractivity contribution < 1.29 is 13.9 Å². The van der Waals surface area contributed by atoms with Crippen LogP contribution in [0, 0.1) is 0 Å². The van der Waals surface area contributed by atoms with Gasteiger partial charge in [-0.05, 0) is 25.0 Å². The maximum atomic E-state index is 5.83. The van der Waals surface area contributed by atoms with E-state index in [1.54, 1.807) is 7.11 Å². The summed E-state index contributed by atoms with van der Waals surface area (Å²) in [5.41, 5.74) is 7.87. The van der Waals surface area contributed by atoms with Gasteiger partial charge in [-0.25, -0.2) is 0 Å². The third-order valence-corrected chi connectivity index (χ3v) is 2.87. The number of fused-ring (bicyclic) bond motifs is 1. The fraction of sp³-hybridized carbons (Fsp3) is 0.500. The fourth-order valence-corrected chi connectivity index (χ4v) is 1.81. The molecular weight excluding hydrogens is 258 g/mol. The van der Waals surface area contributed by atoms with E-state index in [2.05, 4.69) is 10.3 Å². The maximum Gasteiger partial charge on any atom is 0.295 e. The second kappa shape index (κ2) is 7.72. The van der Waals surface area contributed by atoms with Crippen LogP contribution in [0.3, 0.4) is 0 Å². The van der Waals surface area contributed by atoms with Crippen LogP contribution in [0.1, 0.15) is 12.8 Å². The largest absolute Gasteiger partial charge is 0.423 e. The van der Waals surface area contributed by atoms with Crippen LogP contribution in [0.15, 0.2) is 22.6 Å². The molecule has 0 aliphatic heterocycles. The quantitative estimate of drug-likeness (QED) is 0.541. The number of nitrogen functional groups attached to an aromatic ring is 1. The predicted molar refractivity (Wildman–Crippen MR) is 78.8 cm³/mol. The summed E-state index contributed by atoms with van der Waals surface area (Å²) < 4.78 is 15.8. The van der Waals surface area contributed by atoms with Crippen LogP contribution in [-0.4, -0.2) is 38.5 Å². The molecule has 0 saturated carbocycles. The molecule has 1 aromatic carbocycles. The summed E-state index contributed by atoms with van der Waals surface area (Å²) in [7, 11) is 1.67. The van der Waals surface area contributed by atoms with Crippen molar-refractivity contribution in [1.82, 2.24) is 4.98 Å². The Labute approximate surface area is 118 Å². The van der Waals surface area contributed by atoms with Gasteiger partial charge in [-0.1, -0.05) is 6.07 Å². The molecule has 0 amide bonds. The number of aromatic nitrogens is 1. The highest BCUT2D eigenvalue weighted by Crippen LogP contribution is 2.23. The summed E-state index contributed by atoms with van der Waals surface area (Å²) in [6.45, 7) is 2.82. The molecule has 0 aliphatic rings. The Morgan fingerprint density at radius 3 is 2.95 bits per heavy atom. The minimum Gasteiger partial charge on any atom is -0.423 e. The number of para-hydroxylation sites is 1. The highest BCUT2D eigenvalue weighted by molar-refractivity contribution is 5.86. The molecule has 0 aliphatic carbocycles. The van der Waals surface area contributed by atoms with E-state index in [4.69, 9.17) is 19.6 Å². The number of rotatable bonds is 9. The zero-order valence-corrected chi connectivity index (χ0v) is 11.7. The van der Waals surface area contributed by atoms with Crippen molar-refractivity contribution in [1.29, 1.82) is 0 Å². The van der Waals surface area contributed by atoms with Crippen molar-refractivity contribution in [2.75, 3.05) is 44.5 Å². The average Bonchev–Trinajstić information content (AvgIpc) is 2.86. The van der Waals surface area contributed by atoms with Crippen LogP contribution in [0.5, 0.6) is 0 Å². The molecule has 1 heterocycles. The number of ether oxygens (including phenoxy) is 2. The molecule has 6 heteroatoms. The van der Waals surface area contributed by atoms with E-state index in [1.165, 1.54) is 0 Å². The van der Waals surface area contributed by atoms with Crippen LogP contribution in [0.4, 0.5) is 11.7 Å². The Hall–Kier alpha value is -1.79. The van der Waals surface area contributed by atoms with Gasteiger partial charge in [0.25, 0.3) is 6.01 Å². The first-order valence-corrected chi connectivity index (χ1v) is 6.77. The third-order valence-electron chi connectivity index (χ3n) is 2.87. The van der Waals surface area contributed by atoms with Crippen molar-refractivity contribution in [2.45, 2.75) is 12.8 Å². The maximum absolute atomic E-state index is 5.83. The molecule has 3 N–H and O–H groups in total. The molecule has 0 atom stereocenters. The van der Waals surface area contributed by atoms with Crippen molar-refractivity contribution in [3.63, 3.8) is 0 Å². The molecule has 0 bridgehead atoms. The lowest BCUT2D eigenvalue weighted by Crippen LogP contribution is -2.06. The first-order chi connectivity index (χ1) is 9.81. The predicted octanol–water partition coefficient (Wildman–Crippen LogP) is 2.27. The lowest BCUT2D eigenvalue weighted by atomic mass is 10.3. The van der Waals surface area contributed by atoms with E-state index in [1.807, 2.05) is 18.2 Å². The van der Waals surface area contributed by atoms with E-state index in [-0.39, 0.29) is 0 Å². The highest BCUT2D eigenvalue weighted by atomic mass is 16.5. The Morgan fingerprint density at radius 2 is 2.15 bits per heavy atom. The van der Waals surface area contributed by atoms with E-state index in [9.17, 15) is 0 Å². The summed E-state index contributed by atoms with van der Waals surface area (Å²) in [4.78, 5) is 4.32. The molecule has 0 radical (unpaired) electrons. The summed E-state index contributed by atoms with van der Waals surface area (Å²) in [5, 5.41) is 3.15. The minimum absolute atomic E-state index is 0.512. The van der Waals surface area contributed by atoms with E-state index < -0.39 is 0 Å². The van der Waals surface area contributed by atoms with Crippen LogP contribution in [0.25, 0.3) is 11.1 Å². The summed E-state index contributed by atoms with van der Waals surface area (Å²) in [6, 6.07) is 6.03. The summed E-state index contributed by atoms with van der Waals surface area (Å²) in [6.07, 6.45) is 1.97. The topological polar surface area (TPSA) is 82.5 Å². The molecule has 110 valence electrons. The second-order valence-corrected chi connectivity index (χ2v) is 4.45. The lowest BCUT2D eigenvalue weighted by molar-refractivity contribution is 0.0691. The number of oxazole rings is 1. The molecule has 0 saturated heterocycles. The van der Waals surface area contributed by atoms with Gasteiger partial charge in [0.2, 0.25) is 0 Å². The number of unbranched alkanes of at least 4 members (excludes halogenated alkanes) is 1. The van der Waals surface area contributed by atoms with Crippen molar-refractivity contribution >= 4 is 22.8 Å². The van der Waals surface area contributed by atoms with Crippen molar-refractivity contribution in [3.05, 3.63) is 18.2 Å². The number of benzene rings is 1. The van der Waals surface area contributed by atoms with Gasteiger partial charge in [-0.2, -0.15) is 4.98 Å². The van der Waals surface area contributed by atoms with Crippen LogP contribution in [-0.2, 0) is 9.47 Å². The molecule has 0 fully saturated rings. The van der Waals surface area contributed by atoms with Gasteiger partial charge in [0.15, 0.2) is 5.58 Å². The monoisotopic (exact) mass is 279 g/mol. The number of methoxy groups -OCH3 is 1. The van der Waals surface area contributed by atoms with Gasteiger partial charge in [-0.15, -0.1) is 0 Å². The standard InChI is InChI=1S/C14H21N3O3/c1-18-9-10-19-8-3-2-7-16-14-17-13-11(15)5-4-6-12(13)20-14/h4-6H,2-3,7-10,15H2,1H3,(H,16,17). The SMILES string of the molecule is COCCOCCCCNc1nc2c(N)cccc2o1. The van der Waals surface area contributed by atoms with Gasteiger partial charge in [0.05, 0.1) is 18.9 Å². The lowest BCUT2D eigenvalue weighted by Gasteiger charge is -2.03. The van der Waals surface area contributed by atoms with E-state index in [0.717, 1.165) is 26.0 Å².